The van der Waals surface area contributed by atoms with Crippen LogP contribution in [0.1, 0.15) is 12.5 Å². The minimum absolute atomic E-state index is 0.515. The highest BCUT2D eigenvalue weighted by atomic mass is 16.4. The Bertz CT molecular complexity index is 281. The molecule has 0 spiro atoms. The van der Waals surface area contributed by atoms with Gasteiger partial charge < -0.3 is 10.4 Å². The topological polar surface area (TPSA) is 39.3 Å². The lowest BCUT2D eigenvalue weighted by Gasteiger charge is -1.99. The van der Waals surface area contributed by atoms with E-state index in [9.17, 15) is 5.21 Å². The SMILES string of the molecule is C/C(=N/[O-])c1ccc[n+](C)c1. The third-order valence-corrected chi connectivity index (χ3v) is 1.49. The molecule has 0 aliphatic carbocycles. The number of pyridine rings is 1. The van der Waals surface area contributed by atoms with Crippen LogP contribution in [0.4, 0.5) is 0 Å². The van der Waals surface area contributed by atoms with Gasteiger partial charge in [0.1, 0.15) is 7.05 Å². The van der Waals surface area contributed by atoms with Crippen molar-refractivity contribution in [2.75, 3.05) is 0 Å². The predicted molar refractivity (Wildman–Crippen MR) is 43.2 cm³/mol. The maximum atomic E-state index is 10.1. The Morgan fingerprint density at radius 3 is 2.91 bits per heavy atom. The fourth-order valence-corrected chi connectivity index (χ4v) is 0.855. The summed E-state index contributed by atoms with van der Waals surface area (Å²) in [5.74, 6) is 0. The summed E-state index contributed by atoms with van der Waals surface area (Å²) < 4.78 is 1.88. The van der Waals surface area contributed by atoms with Gasteiger partial charge in [-0.15, -0.1) is 0 Å². The van der Waals surface area contributed by atoms with E-state index < -0.39 is 0 Å². The zero-order valence-corrected chi connectivity index (χ0v) is 6.61. The largest absolute Gasteiger partial charge is 0.792 e. The highest BCUT2D eigenvalue weighted by Gasteiger charge is 1.98. The molecule has 58 valence electrons. The molecule has 0 N–H and O–H groups in total. The zero-order chi connectivity index (χ0) is 8.27. The summed E-state index contributed by atoms with van der Waals surface area (Å²) in [6, 6.07) is 3.74. The van der Waals surface area contributed by atoms with E-state index in [2.05, 4.69) is 5.16 Å². The summed E-state index contributed by atoms with van der Waals surface area (Å²) in [6.07, 6.45) is 3.76. The fourth-order valence-electron chi connectivity index (χ4n) is 0.855. The Morgan fingerprint density at radius 1 is 1.64 bits per heavy atom. The monoisotopic (exact) mass is 150 g/mol. The number of aryl methyl sites for hydroxylation is 1. The second-order valence-electron chi connectivity index (χ2n) is 2.43. The fraction of sp³-hybridized carbons (Fsp3) is 0.250. The number of hydrogen-bond donors (Lipinski definition) is 0. The molecule has 1 rings (SSSR count). The van der Waals surface area contributed by atoms with E-state index in [0.29, 0.717) is 5.71 Å². The lowest BCUT2D eigenvalue weighted by atomic mass is 10.2. The van der Waals surface area contributed by atoms with Crippen LogP contribution in [0.25, 0.3) is 0 Å². The normalized spacial score (nSPS) is 11.6. The zero-order valence-electron chi connectivity index (χ0n) is 6.61. The molecule has 1 heterocycles. The van der Waals surface area contributed by atoms with E-state index in [1.54, 1.807) is 6.92 Å². The van der Waals surface area contributed by atoms with Gasteiger partial charge in [0.25, 0.3) is 0 Å². The van der Waals surface area contributed by atoms with Crippen molar-refractivity contribution in [2.24, 2.45) is 12.2 Å². The highest BCUT2D eigenvalue weighted by molar-refractivity contribution is 5.98. The van der Waals surface area contributed by atoms with Crippen molar-refractivity contribution >= 4 is 5.71 Å². The molecule has 0 saturated carbocycles. The van der Waals surface area contributed by atoms with Crippen LogP contribution in [0.15, 0.2) is 29.7 Å². The van der Waals surface area contributed by atoms with E-state index in [0.717, 1.165) is 5.56 Å². The Morgan fingerprint density at radius 2 is 2.36 bits per heavy atom. The molecular weight excluding hydrogens is 140 g/mol. The third kappa shape index (κ3) is 1.77. The van der Waals surface area contributed by atoms with Crippen LogP contribution in [0.5, 0.6) is 0 Å². The first-order valence-electron chi connectivity index (χ1n) is 3.36. The number of aromatic nitrogens is 1. The van der Waals surface area contributed by atoms with Crippen LogP contribution in [0, 0.1) is 5.21 Å². The third-order valence-electron chi connectivity index (χ3n) is 1.49. The first-order chi connectivity index (χ1) is 5.24. The summed E-state index contributed by atoms with van der Waals surface area (Å²) in [5, 5.41) is 13.0. The summed E-state index contributed by atoms with van der Waals surface area (Å²) in [6.45, 7) is 1.70. The lowest BCUT2D eigenvalue weighted by molar-refractivity contribution is -0.671. The molecule has 0 unspecified atom stereocenters. The summed E-state index contributed by atoms with van der Waals surface area (Å²) >= 11 is 0. The number of hydrogen-bond acceptors (Lipinski definition) is 2. The van der Waals surface area contributed by atoms with E-state index in [-0.39, 0.29) is 0 Å². The Hall–Kier alpha value is -1.38. The van der Waals surface area contributed by atoms with Gasteiger partial charge in [0, 0.05) is 11.8 Å². The lowest BCUT2D eigenvalue weighted by Crippen LogP contribution is -2.27. The first kappa shape index (κ1) is 7.72. The van der Waals surface area contributed by atoms with Gasteiger partial charge >= 0.3 is 0 Å². The second-order valence-corrected chi connectivity index (χ2v) is 2.43. The molecule has 0 aliphatic rings. The minimum Gasteiger partial charge on any atom is -0.792 e. The van der Waals surface area contributed by atoms with Crippen LogP contribution in [-0.2, 0) is 7.05 Å². The van der Waals surface area contributed by atoms with Gasteiger partial charge in [0.2, 0.25) is 0 Å². The van der Waals surface area contributed by atoms with Crippen molar-refractivity contribution in [1.29, 1.82) is 0 Å². The average molecular weight is 150 g/mol. The van der Waals surface area contributed by atoms with Gasteiger partial charge in [0.05, 0.1) is 5.56 Å². The van der Waals surface area contributed by atoms with Crippen molar-refractivity contribution in [3.05, 3.63) is 35.3 Å². The minimum atomic E-state index is 0.515. The van der Waals surface area contributed by atoms with Crippen molar-refractivity contribution in [3.8, 4) is 0 Å². The molecule has 1 aromatic rings. The van der Waals surface area contributed by atoms with Gasteiger partial charge in [-0.3, -0.25) is 0 Å². The van der Waals surface area contributed by atoms with Gasteiger partial charge in [-0.1, -0.05) is 0 Å². The Balaban J connectivity index is 3.06. The standard InChI is InChI=1S/C8H10N2O/c1-7(9-11)8-4-3-5-10(2)6-8/h3-6H,1-2H3/b9-7-. The van der Waals surface area contributed by atoms with Gasteiger partial charge in [-0.05, 0) is 13.0 Å². The van der Waals surface area contributed by atoms with Crippen LogP contribution in [-0.4, -0.2) is 5.71 Å². The average Bonchev–Trinajstić information content (AvgIpc) is 2.03. The smallest absolute Gasteiger partial charge is 0.177 e. The molecule has 1 aromatic heterocycles. The van der Waals surface area contributed by atoms with Gasteiger partial charge in [-0.2, -0.15) is 0 Å². The number of nitrogens with zero attached hydrogens (tertiary/aromatic N) is 2. The molecule has 0 aliphatic heterocycles. The summed E-state index contributed by atoms with van der Waals surface area (Å²) in [7, 11) is 1.90. The molecule has 0 atom stereocenters. The number of rotatable bonds is 1. The molecule has 11 heavy (non-hydrogen) atoms. The van der Waals surface area contributed by atoms with Crippen LogP contribution >= 0.6 is 0 Å². The van der Waals surface area contributed by atoms with Gasteiger partial charge in [-0.25, -0.2) is 4.57 Å². The summed E-state index contributed by atoms with van der Waals surface area (Å²) in [4.78, 5) is 0. The molecule has 0 fully saturated rings. The molecule has 0 bridgehead atoms. The van der Waals surface area contributed by atoms with Crippen molar-refractivity contribution in [2.45, 2.75) is 6.92 Å². The molecule has 0 amide bonds. The van der Waals surface area contributed by atoms with E-state index in [4.69, 9.17) is 0 Å². The predicted octanol–water partition coefficient (Wildman–Crippen LogP) is 0.818. The molecule has 3 nitrogen and oxygen atoms in total. The Labute approximate surface area is 65.6 Å². The maximum absolute atomic E-state index is 10.1. The highest BCUT2D eigenvalue weighted by Crippen LogP contribution is 1.95. The van der Waals surface area contributed by atoms with Crippen LogP contribution in [0.2, 0.25) is 0 Å². The van der Waals surface area contributed by atoms with Crippen molar-refractivity contribution in [3.63, 3.8) is 0 Å². The van der Waals surface area contributed by atoms with E-state index in [1.807, 2.05) is 36.1 Å². The van der Waals surface area contributed by atoms with Crippen LogP contribution in [0.3, 0.4) is 0 Å². The Kier molecular flexibility index (Phi) is 2.21. The first-order valence-corrected chi connectivity index (χ1v) is 3.36. The molecule has 0 aromatic carbocycles. The molecule has 3 heteroatoms. The molecule has 0 saturated heterocycles. The second kappa shape index (κ2) is 3.14. The molecular formula is C8H10N2O. The van der Waals surface area contributed by atoms with Gasteiger partial charge in [0.15, 0.2) is 12.4 Å². The van der Waals surface area contributed by atoms with Crippen LogP contribution < -0.4 is 4.57 Å². The maximum Gasteiger partial charge on any atom is 0.177 e. The molecule has 0 radical (unpaired) electrons. The van der Waals surface area contributed by atoms with Crippen molar-refractivity contribution in [1.82, 2.24) is 0 Å². The van der Waals surface area contributed by atoms with Crippen molar-refractivity contribution < 1.29 is 4.57 Å². The van der Waals surface area contributed by atoms with E-state index >= 15 is 0 Å². The quantitative estimate of drug-likeness (QED) is 0.332. The summed E-state index contributed by atoms with van der Waals surface area (Å²) in [5.41, 5.74) is 1.38. The van der Waals surface area contributed by atoms with E-state index in [1.165, 1.54) is 0 Å².